The maximum atomic E-state index is 9.57. The van der Waals surface area contributed by atoms with E-state index >= 15 is 0 Å². The standard InChI is InChI=1S/C31H36N10O2/c1-22(15-35-21-36-20-33)43-29-13-23(10-11-24(29)14-32)25-16-39-31(40-17-25)41-28(18-38-26-7-3-2-4-8-26)30(34)42-19-27-9-5-6-12-37-27/h5-6,9-13,16-18,20-22,26H,2-4,7-8,15,19,34H2,1H3,(H2,33,35,36)(H,39,40,41)/b30-28-,38-18?/t22-/m0/s1. The monoisotopic (exact) mass is 580 g/mol. The van der Waals surface area contributed by atoms with Crippen molar-refractivity contribution in [2.24, 2.45) is 26.4 Å². The van der Waals surface area contributed by atoms with Crippen LogP contribution in [0.5, 0.6) is 5.75 Å². The van der Waals surface area contributed by atoms with E-state index in [0.717, 1.165) is 36.0 Å². The van der Waals surface area contributed by atoms with Crippen molar-refractivity contribution < 1.29 is 9.47 Å². The first kappa shape index (κ1) is 30.6. The van der Waals surface area contributed by atoms with Crippen LogP contribution in [0.15, 0.2) is 81.5 Å². The first-order valence-corrected chi connectivity index (χ1v) is 14.1. The number of anilines is 1. The summed E-state index contributed by atoms with van der Waals surface area (Å²) < 4.78 is 11.8. The predicted octanol–water partition coefficient (Wildman–Crippen LogP) is 4.35. The summed E-state index contributed by atoms with van der Waals surface area (Å²) in [7, 11) is 0. The van der Waals surface area contributed by atoms with Crippen LogP contribution in [0, 0.1) is 11.3 Å². The number of ether oxygens (including phenoxy) is 2. The molecule has 0 bridgehead atoms. The van der Waals surface area contributed by atoms with E-state index < -0.39 is 0 Å². The zero-order chi connectivity index (χ0) is 30.3. The summed E-state index contributed by atoms with van der Waals surface area (Å²) in [4.78, 5) is 25.9. The van der Waals surface area contributed by atoms with Crippen LogP contribution in [0.2, 0.25) is 0 Å². The molecule has 3 aromatic rings. The lowest BCUT2D eigenvalue weighted by Gasteiger charge is -2.18. The van der Waals surface area contributed by atoms with Crippen molar-refractivity contribution in [3.8, 4) is 22.9 Å². The molecular weight excluding hydrogens is 544 g/mol. The fraction of sp³-hybridized carbons (Fsp3) is 0.323. The number of nitriles is 1. The van der Waals surface area contributed by atoms with Gasteiger partial charge in [0, 0.05) is 24.2 Å². The smallest absolute Gasteiger partial charge is 0.227 e. The third-order valence-corrected chi connectivity index (χ3v) is 6.62. The summed E-state index contributed by atoms with van der Waals surface area (Å²) in [6.45, 7) is 2.42. The molecule has 0 radical (unpaired) electrons. The Balaban J connectivity index is 1.49. The van der Waals surface area contributed by atoms with Crippen LogP contribution in [0.1, 0.15) is 50.3 Å². The van der Waals surface area contributed by atoms with Gasteiger partial charge < -0.3 is 26.3 Å². The number of hydrogen-bond donors (Lipinski definition) is 3. The minimum Gasteiger partial charge on any atom is -0.487 e. The van der Waals surface area contributed by atoms with Gasteiger partial charge >= 0.3 is 0 Å². The lowest BCUT2D eigenvalue weighted by atomic mass is 9.96. The lowest BCUT2D eigenvalue weighted by Crippen LogP contribution is -2.17. The quantitative estimate of drug-likeness (QED) is 0.150. The normalized spacial score (nSPS) is 15.3. The van der Waals surface area contributed by atoms with Crippen molar-refractivity contribution in [2.45, 2.75) is 57.8 Å². The van der Waals surface area contributed by atoms with Crippen molar-refractivity contribution in [2.75, 3.05) is 11.9 Å². The van der Waals surface area contributed by atoms with Crippen molar-refractivity contribution in [1.82, 2.24) is 15.0 Å². The molecular formula is C31H36N10O2. The maximum Gasteiger partial charge on any atom is 0.227 e. The Morgan fingerprint density at radius 2 is 1.95 bits per heavy atom. The largest absolute Gasteiger partial charge is 0.487 e. The highest BCUT2D eigenvalue weighted by Crippen LogP contribution is 2.28. The SMILES string of the molecule is C[C@@H](CN=CN=CN)Oc1cc(-c2cnc(N/C(C=NC3CCCCC3)=C(/N)OCc3ccccn3)nc2)ccc1C#N. The third kappa shape index (κ3) is 9.64. The van der Waals surface area contributed by atoms with E-state index in [1.807, 2.05) is 31.2 Å². The van der Waals surface area contributed by atoms with Crippen LogP contribution < -0.4 is 21.5 Å². The van der Waals surface area contributed by atoms with Crippen LogP contribution in [-0.4, -0.2) is 52.5 Å². The van der Waals surface area contributed by atoms with E-state index in [4.69, 9.17) is 25.9 Å². The Hall–Kier alpha value is -5.31. The van der Waals surface area contributed by atoms with Gasteiger partial charge in [-0.1, -0.05) is 31.4 Å². The van der Waals surface area contributed by atoms with Gasteiger partial charge in [0.15, 0.2) is 0 Å². The second-order valence-electron chi connectivity index (χ2n) is 9.91. The van der Waals surface area contributed by atoms with Crippen molar-refractivity contribution >= 4 is 24.8 Å². The summed E-state index contributed by atoms with van der Waals surface area (Å²) in [6.07, 6.45) is 14.7. The third-order valence-electron chi connectivity index (χ3n) is 6.62. The van der Waals surface area contributed by atoms with E-state index in [0.29, 0.717) is 29.5 Å². The first-order chi connectivity index (χ1) is 21.1. The highest BCUT2D eigenvalue weighted by molar-refractivity contribution is 5.83. The number of aromatic nitrogens is 3. The topological polar surface area (TPSA) is 182 Å². The molecule has 4 rings (SSSR count). The summed E-state index contributed by atoms with van der Waals surface area (Å²) in [5, 5.41) is 12.7. The fourth-order valence-electron chi connectivity index (χ4n) is 4.37. The Morgan fingerprint density at radius 1 is 1.14 bits per heavy atom. The number of pyridine rings is 1. The second kappa shape index (κ2) is 16.2. The molecule has 1 fully saturated rings. The molecule has 0 spiro atoms. The Labute approximate surface area is 251 Å². The van der Waals surface area contributed by atoms with Gasteiger partial charge in [-0.25, -0.2) is 15.0 Å². The minimum absolute atomic E-state index is 0.167. The lowest BCUT2D eigenvalue weighted by molar-refractivity contribution is 0.191. The zero-order valence-corrected chi connectivity index (χ0v) is 24.1. The molecule has 0 aliphatic heterocycles. The Kier molecular flexibility index (Phi) is 11.6. The molecule has 0 amide bonds. The van der Waals surface area contributed by atoms with E-state index in [1.54, 1.807) is 36.9 Å². The number of nitrogens with zero attached hydrogens (tertiary/aromatic N) is 7. The minimum atomic E-state index is -0.291. The number of aliphatic imine (C=N–C) groups is 3. The number of nitrogens with two attached hydrogens (primary N) is 2. The Bertz CT molecular complexity index is 1470. The van der Waals surface area contributed by atoms with Gasteiger partial charge in [0.05, 0.1) is 36.4 Å². The van der Waals surface area contributed by atoms with E-state index in [-0.39, 0.29) is 24.6 Å². The van der Waals surface area contributed by atoms with Gasteiger partial charge in [-0.2, -0.15) is 5.26 Å². The van der Waals surface area contributed by atoms with E-state index in [1.165, 1.54) is 25.6 Å². The molecule has 1 atom stereocenters. The van der Waals surface area contributed by atoms with E-state index in [2.05, 4.69) is 36.3 Å². The van der Waals surface area contributed by atoms with Crippen molar-refractivity contribution in [1.29, 1.82) is 5.26 Å². The van der Waals surface area contributed by atoms with Crippen LogP contribution in [0.4, 0.5) is 5.95 Å². The van der Waals surface area contributed by atoms with Gasteiger partial charge in [0.1, 0.15) is 36.6 Å². The first-order valence-electron chi connectivity index (χ1n) is 14.1. The van der Waals surface area contributed by atoms with Crippen LogP contribution in [0.25, 0.3) is 11.1 Å². The molecule has 0 saturated heterocycles. The Morgan fingerprint density at radius 3 is 2.67 bits per heavy atom. The average Bonchev–Trinajstić information content (AvgIpc) is 3.05. The maximum absolute atomic E-state index is 9.57. The van der Waals surface area contributed by atoms with Crippen LogP contribution in [0.3, 0.4) is 0 Å². The number of rotatable bonds is 13. The van der Waals surface area contributed by atoms with Crippen molar-refractivity contribution in [3.05, 3.63) is 77.8 Å². The van der Waals surface area contributed by atoms with Gasteiger partial charge in [0.25, 0.3) is 0 Å². The highest BCUT2D eigenvalue weighted by atomic mass is 16.5. The molecule has 43 heavy (non-hydrogen) atoms. The molecule has 1 aliphatic rings. The summed E-state index contributed by atoms with van der Waals surface area (Å²) in [5.41, 5.74) is 14.7. The van der Waals surface area contributed by atoms with Crippen LogP contribution >= 0.6 is 0 Å². The number of nitrogens with one attached hydrogen (secondary N) is 1. The summed E-state index contributed by atoms with van der Waals surface area (Å²) >= 11 is 0. The molecule has 222 valence electrons. The van der Waals surface area contributed by atoms with Gasteiger partial charge in [0.2, 0.25) is 11.8 Å². The zero-order valence-electron chi connectivity index (χ0n) is 24.1. The highest BCUT2D eigenvalue weighted by Gasteiger charge is 2.14. The molecule has 1 saturated carbocycles. The fourth-order valence-corrected chi connectivity index (χ4v) is 4.37. The predicted molar refractivity (Wildman–Crippen MR) is 168 cm³/mol. The van der Waals surface area contributed by atoms with Crippen LogP contribution in [-0.2, 0) is 11.3 Å². The van der Waals surface area contributed by atoms with Crippen molar-refractivity contribution in [3.63, 3.8) is 0 Å². The van der Waals surface area contributed by atoms with Gasteiger partial charge in [-0.05, 0) is 49.6 Å². The molecule has 12 heteroatoms. The molecule has 0 unspecified atom stereocenters. The molecule has 1 aliphatic carbocycles. The molecule has 2 aromatic heterocycles. The van der Waals surface area contributed by atoms with Gasteiger partial charge in [-0.15, -0.1) is 0 Å². The summed E-state index contributed by atoms with van der Waals surface area (Å²) in [6, 6.07) is 13.3. The average molecular weight is 581 g/mol. The number of benzene rings is 1. The number of hydrogen-bond acceptors (Lipinski definition) is 10. The second-order valence-corrected chi connectivity index (χ2v) is 9.91. The van der Waals surface area contributed by atoms with Gasteiger partial charge in [-0.3, -0.25) is 15.0 Å². The van der Waals surface area contributed by atoms with E-state index in [9.17, 15) is 5.26 Å². The molecule has 2 heterocycles. The summed E-state index contributed by atoms with van der Waals surface area (Å²) in [5.74, 6) is 0.934. The molecule has 1 aromatic carbocycles. The number of allylic oxidation sites excluding steroid dienone is 1. The molecule has 12 nitrogen and oxygen atoms in total. The molecule has 5 N–H and O–H groups in total.